The molecule has 0 spiro atoms. The maximum atomic E-state index is 10.6. The van der Waals surface area contributed by atoms with Crippen LogP contribution in [-0.2, 0) is 0 Å². The first-order chi connectivity index (χ1) is 11.5. The number of hydrogen-bond donors (Lipinski definition) is 0. The van der Waals surface area contributed by atoms with Crippen LogP contribution in [0.15, 0.2) is 45.3 Å². The Kier molecular flexibility index (Phi) is 4.43. The zero-order valence-corrected chi connectivity index (χ0v) is 13.7. The third-order valence-electron chi connectivity index (χ3n) is 3.23. The molecule has 8 nitrogen and oxygen atoms in total. The molecule has 3 rings (SSSR count). The van der Waals surface area contributed by atoms with E-state index < -0.39 is 4.92 Å². The van der Waals surface area contributed by atoms with Crippen LogP contribution < -0.4 is 0 Å². The minimum Gasteiger partial charge on any atom is -0.401 e. The predicted molar refractivity (Wildman–Crippen MR) is 88.9 cm³/mol. The summed E-state index contributed by atoms with van der Waals surface area (Å²) in [5.74, 6) is 0.0971. The molecule has 24 heavy (non-hydrogen) atoms. The van der Waals surface area contributed by atoms with E-state index in [1.54, 1.807) is 16.2 Å². The van der Waals surface area contributed by atoms with E-state index >= 15 is 0 Å². The van der Waals surface area contributed by atoms with Crippen LogP contribution in [-0.4, -0.2) is 25.1 Å². The van der Waals surface area contributed by atoms with Crippen molar-refractivity contribution in [1.82, 2.24) is 20.2 Å². The van der Waals surface area contributed by atoms with Gasteiger partial charge in [0.15, 0.2) is 0 Å². The Hall–Kier alpha value is -2.94. The van der Waals surface area contributed by atoms with E-state index in [0.29, 0.717) is 10.9 Å². The summed E-state index contributed by atoms with van der Waals surface area (Å²) in [6.07, 6.45) is 1.62. The van der Waals surface area contributed by atoms with Gasteiger partial charge in [-0.15, -0.1) is 5.10 Å². The fraction of sp³-hybridized carbons (Fsp3) is 0.133. The fourth-order valence-electron chi connectivity index (χ4n) is 2.04. The number of nitro groups is 1. The number of aromatic nitrogens is 4. The molecule has 0 bridgehead atoms. The van der Waals surface area contributed by atoms with Crippen molar-refractivity contribution in [2.75, 3.05) is 0 Å². The maximum Gasteiger partial charge on any atom is 0.433 e. The largest absolute Gasteiger partial charge is 0.433 e. The molecular weight excluding hydrogens is 330 g/mol. The van der Waals surface area contributed by atoms with Gasteiger partial charge in [-0.05, 0) is 59.0 Å². The van der Waals surface area contributed by atoms with Crippen molar-refractivity contribution in [3.63, 3.8) is 0 Å². The van der Waals surface area contributed by atoms with Crippen LogP contribution in [0.2, 0.25) is 0 Å². The van der Waals surface area contributed by atoms with Gasteiger partial charge >= 0.3 is 5.88 Å². The van der Waals surface area contributed by atoms with Gasteiger partial charge in [0, 0.05) is 0 Å². The van der Waals surface area contributed by atoms with Crippen molar-refractivity contribution in [3.8, 4) is 5.69 Å². The molecule has 122 valence electrons. The molecule has 0 radical (unpaired) electrons. The van der Waals surface area contributed by atoms with Gasteiger partial charge in [-0.25, -0.2) is 0 Å². The number of rotatable bonds is 5. The summed E-state index contributed by atoms with van der Waals surface area (Å²) in [6.45, 7) is 3.99. The molecule has 0 aliphatic rings. The molecule has 0 unspecified atom stereocenters. The number of benzene rings is 1. The zero-order chi connectivity index (χ0) is 17.1. The van der Waals surface area contributed by atoms with Gasteiger partial charge in [0.1, 0.15) is 10.7 Å². The van der Waals surface area contributed by atoms with Crippen molar-refractivity contribution in [2.45, 2.75) is 19.0 Å². The van der Waals surface area contributed by atoms with Crippen molar-refractivity contribution in [1.29, 1.82) is 0 Å². The first-order valence-electron chi connectivity index (χ1n) is 6.98. The maximum absolute atomic E-state index is 10.6. The molecule has 2 heterocycles. The molecule has 0 N–H and O–H groups in total. The van der Waals surface area contributed by atoms with E-state index in [-0.39, 0.29) is 5.88 Å². The third kappa shape index (κ3) is 3.35. The quantitative estimate of drug-likeness (QED) is 0.397. The Morgan fingerprint density at radius 3 is 2.88 bits per heavy atom. The Balaban J connectivity index is 1.79. The second kappa shape index (κ2) is 6.67. The number of tetrazole rings is 1. The van der Waals surface area contributed by atoms with E-state index in [4.69, 9.17) is 4.42 Å². The number of thioether (sulfide) groups is 1. The Morgan fingerprint density at radius 2 is 2.12 bits per heavy atom. The Labute approximate surface area is 141 Å². The van der Waals surface area contributed by atoms with Crippen molar-refractivity contribution in [2.24, 2.45) is 0 Å². The molecule has 0 fully saturated rings. The summed E-state index contributed by atoms with van der Waals surface area (Å²) >= 11 is 1.29. The monoisotopic (exact) mass is 343 g/mol. The highest BCUT2D eigenvalue weighted by atomic mass is 32.2. The standard InChI is InChI=1S/C15H13N5O3S/c1-10-3-4-11(2)13(9-10)19-15(16-17-18-19)24-8-7-12-5-6-14(23-12)20(21)22/h3-9H,1-2H3/b8-7+. The van der Waals surface area contributed by atoms with E-state index in [9.17, 15) is 10.1 Å². The number of aryl methyl sites for hydroxylation is 2. The molecule has 0 atom stereocenters. The lowest BCUT2D eigenvalue weighted by molar-refractivity contribution is -0.402. The summed E-state index contributed by atoms with van der Waals surface area (Å²) in [4.78, 5) is 10.0. The van der Waals surface area contributed by atoms with Crippen LogP contribution in [0.4, 0.5) is 5.88 Å². The summed E-state index contributed by atoms with van der Waals surface area (Å²) in [6, 6.07) is 8.89. The summed E-state index contributed by atoms with van der Waals surface area (Å²) < 4.78 is 6.71. The molecule has 3 aromatic rings. The van der Waals surface area contributed by atoms with Crippen LogP contribution in [0.5, 0.6) is 0 Å². The Bertz CT molecular complexity index is 915. The van der Waals surface area contributed by atoms with Crippen molar-refractivity contribution in [3.05, 3.63) is 62.7 Å². The molecule has 9 heteroatoms. The van der Waals surface area contributed by atoms with Gasteiger partial charge in [-0.3, -0.25) is 10.1 Å². The first-order valence-corrected chi connectivity index (χ1v) is 7.86. The van der Waals surface area contributed by atoms with Gasteiger partial charge in [0.25, 0.3) is 0 Å². The SMILES string of the molecule is Cc1ccc(C)c(-n2nnnc2S/C=C/c2ccc([N+](=O)[O-])o2)c1. The van der Waals surface area contributed by atoms with Gasteiger partial charge in [0.2, 0.25) is 5.16 Å². The molecule has 1 aromatic carbocycles. The van der Waals surface area contributed by atoms with Gasteiger partial charge < -0.3 is 4.42 Å². The van der Waals surface area contributed by atoms with E-state index in [1.165, 1.54) is 23.9 Å². The summed E-state index contributed by atoms with van der Waals surface area (Å²) in [5, 5.41) is 24.6. The predicted octanol–water partition coefficient (Wildman–Crippen LogP) is 3.54. The average molecular weight is 343 g/mol. The van der Waals surface area contributed by atoms with Gasteiger partial charge in [0.05, 0.1) is 11.8 Å². The molecule has 2 aromatic heterocycles. The highest BCUT2D eigenvalue weighted by molar-refractivity contribution is 8.02. The number of hydrogen-bond acceptors (Lipinski definition) is 7. The van der Waals surface area contributed by atoms with Crippen molar-refractivity contribution < 1.29 is 9.34 Å². The lowest BCUT2D eigenvalue weighted by Crippen LogP contribution is -2.01. The van der Waals surface area contributed by atoms with Crippen LogP contribution in [0.1, 0.15) is 16.9 Å². The minimum absolute atomic E-state index is 0.292. The highest BCUT2D eigenvalue weighted by Crippen LogP contribution is 2.24. The average Bonchev–Trinajstić information content (AvgIpc) is 3.19. The van der Waals surface area contributed by atoms with E-state index in [2.05, 4.69) is 15.5 Å². The number of nitrogens with zero attached hydrogens (tertiary/aromatic N) is 5. The fourth-order valence-corrected chi connectivity index (χ4v) is 2.69. The molecule has 0 aliphatic heterocycles. The molecule has 0 saturated carbocycles. The normalized spacial score (nSPS) is 11.2. The van der Waals surface area contributed by atoms with E-state index in [1.807, 2.05) is 32.0 Å². The van der Waals surface area contributed by atoms with E-state index in [0.717, 1.165) is 16.8 Å². The van der Waals surface area contributed by atoms with Crippen LogP contribution in [0.3, 0.4) is 0 Å². The number of furan rings is 1. The molecule has 0 saturated heterocycles. The summed E-state index contributed by atoms with van der Waals surface area (Å²) in [5.41, 5.74) is 3.07. The van der Waals surface area contributed by atoms with Gasteiger partial charge in [-0.2, -0.15) is 4.68 Å². The second-order valence-electron chi connectivity index (χ2n) is 5.02. The van der Waals surface area contributed by atoms with Gasteiger partial charge in [-0.1, -0.05) is 23.9 Å². The summed E-state index contributed by atoms with van der Waals surface area (Å²) in [7, 11) is 0. The second-order valence-corrected chi connectivity index (χ2v) is 5.89. The topological polar surface area (TPSA) is 99.9 Å². The third-order valence-corrected chi connectivity index (χ3v) is 3.97. The molecule has 0 amide bonds. The minimum atomic E-state index is -0.578. The van der Waals surface area contributed by atoms with Crippen molar-refractivity contribution >= 4 is 23.7 Å². The van der Waals surface area contributed by atoms with Crippen LogP contribution in [0.25, 0.3) is 11.8 Å². The lowest BCUT2D eigenvalue weighted by Gasteiger charge is -2.07. The first kappa shape index (κ1) is 15.9. The molecular formula is C15H13N5O3S. The lowest BCUT2D eigenvalue weighted by atomic mass is 10.1. The zero-order valence-electron chi connectivity index (χ0n) is 12.9. The Morgan fingerprint density at radius 1 is 1.29 bits per heavy atom. The smallest absolute Gasteiger partial charge is 0.401 e. The highest BCUT2D eigenvalue weighted by Gasteiger charge is 2.12. The van der Waals surface area contributed by atoms with Crippen LogP contribution in [0, 0.1) is 24.0 Å². The molecule has 0 aliphatic carbocycles. The van der Waals surface area contributed by atoms with Crippen LogP contribution >= 0.6 is 11.8 Å².